The third kappa shape index (κ3) is 6.34. The molecule has 0 N–H and O–H groups in total. The molecule has 0 fully saturated rings. The molecule has 0 bridgehead atoms. The van der Waals surface area contributed by atoms with Crippen molar-refractivity contribution in [1.29, 1.82) is 0 Å². The highest BCUT2D eigenvalue weighted by Crippen LogP contribution is 2.31. The molecule has 1 aliphatic rings. The maximum absolute atomic E-state index is 6.01. The number of fused-ring (bicyclic) bond motifs is 1. The zero-order chi connectivity index (χ0) is 21.3. The lowest BCUT2D eigenvalue weighted by atomic mass is 10.0. The molecule has 0 radical (unpaired) electrons. The third-order valence-electron chi connectivity index (χ3n) is 5.44. The van der Waals surface area contributed by atoms with Gasteiger partial charge in [-0.2, -0.15) is 0 Å². The Labute approximate surface area is 190 Å². The monoisotopic (exact) mass is 446 g/mol. The van der Waals surface area contributed by atoms with E-state index in [9.17, 15) is 0 Å². The molecule has 30 heavy (non-hydrogen) atoms. The lowest BCUT2D eigenvalue weighted by Gasteiger charge is -2.31. The molecule has 2 aromatic rings. The normalized spacial score (nSPS) is 13.3. The van der Waals surface area contributed by atoms with Crippen molar-refractivity contribution in [2.24, 2.45) is 0 Å². The van der Waals surface area contributed by atoms with E-state index in [4.69, 9.17) is 33.3 Å². The van der Waals surface area contributed by atoms with E-state index in [0.29, 0.717) is 15.9 Å². The molecular weight excluding hydrogens is 416 g/mol. The highest BCUT2D eigenvalue weighted by atomic mass is 35.5. The van der Waals surface area contributed by atoms with Crippen LogP contribution in [0.15, 0.2) is 42.5 Å². The second kappa shape index (κ2) is 11.5. The highest BCUT2D eigenvalue weighted by Gasteiger charge is 2.22. The fourth-order valence-corrected chi connectivity index (χ4v) is 4.09. The van der Waals surface area contributed by atoms with Crippen LogP contribution in [0, 0.1) is 0 Å². The minimum Gasteiger partial charge on any atom is -0.494 e. The summed E-state index contributed by atoms with van der Waals surface area (Å²) >= 11 is 11.5. The van der Waals surface area contributed by atoms with Crippen molar-refractivity contribution in [1.82, 2.24) is 4.90 Å². The van der Waals surface area contributed by atoms with Crippen molar-refractivity contribution >= 4 is 34.7 Å². The second-order valence-electron chi connectivity index (χ2n) is 7.45. The third-order valence-corrected chi connectivity index (χ3v) is 6.00. The van der Waals surface area contributed by atoms with E-state index in [1.165, 1.54) is 5.56 Å². The van der Waals surface area contributed by atoms with Gasteiger partial charge in [0.2, 0.25) is 0 Å². The van der Waals surface area contributed by atoms with Crippen LogP contribution in [0.4, 0.5) is 5.69 Å². The molecule has 0 unspecified atom stereocenters. The Morgan fingerprint density at radius 3 is 2.53 bits per heavy atom. The Hall–Kier alpha value is -1.82. The molecule has 0 aliphatic carbocycles. The number of ether oxygens (including phenoxy) is 2. The minimum absolute atomic E-state index is 0.461. The fraction of sp³-hybridized carbons (Fsp3) is 0.458. The molecular formula is C24H31ClN2O2S. The smallest absolute Gasteiger partial charge is 0.269 e. The molecule has 4 nitrogen and oxygen atoms in total. The van der Waals surface area contributed by atoms with Crippen molar-refractivity contribution in [2.75, 3.05) is 37.7 Å². The first-order valence-electron chi connectivity index (χ1n) is 10.8. The predicted molar refractivity (Wildman–Crippen MR) is 129 cm³/mol. The second-order valence-corrected chi connectivity index (χ2v) is 8.24. The summed E-state index contributed by atoms with van der Waals surface area (Å²) in [5, 5.41) is 1.14. The number of benzene rings is 2. The van der Waals surface area contributed by atoms with Gasteiger partial charge in [0.15, 0.2) is 0 Å². The first-order valence-corrected chi connectivity index (χ1v) is 11.6. The van der Waals surface area contributed by atoms with Gasteiger partial charge in [-0.3, -0.25) is 0 Å². The van der Waals surface area contributed by atoms with Crippen LogP contribution in [0.1, 0.15) is 38.7 Å². The van der Waals surface area contributed by atoms with Crippen LogP contribution in [0.2, 0.25) is 5.02 Å². The number of hydrogen-bond acceptors (Lipinski definition) is 4. The van der Waals surface area contributed by atoms with E-state index >= 15 is 0 Å². The molecule has 0 saturated heterocycles. The summed E-state index contributed by atoms with van der Waals surface area (Å²) in [6, 6.07) is 13.5. The van der Waals surface area contributed by atoms with Gasteiger partial charge in [0.25, 0.3) is 5.17 Å². The fourth-order valence-electron chi connectivity index (χ4n) is 3.68. The summed E-state index contributed by atoms with van der Waals surface area (Å²) < 4.78 is 11.9. The standard InChI is InChI=1S/C24H31ClN2O2S/c1-3-26(4-2)15-5-6-17-28-22-13-14-23-19(18-22)8-7-16-27(23)24(30)29-21-11-9-20(25)10-12-21/h9-14,18H,3-8,15-17H2,1-2H3. The van der Waals surface area contributed by atoms with Crippen LogP contribution < -0.4 is 14.4 Å². The van der Waals surface area contributed by atoms with Crippen molar-refractivity contribution in [3.8, 4) is 11.5 Å². The van der Waals surface area contributed by atoms with Crippen molar-refractivity contribution in [2.45, 2.75) is 39.5 Å². The highest BCUT2D eigenvalue weighted by molar-refractivity contribution is 7.80. The topological polar surface area (TPSA) is 24.9 Å². The van der Waals surface area contributed by atoms with Gasteiger partial charge in [0.05, 0.1) is 6.61 Å². The van der Waals surface area contributed by atoms with Crippen molar-refractivity contribution < 1.29 is 9.47 Å². The summed E-state index contributed by atoms with van der Waals surface area (Å²) in [5.41, 5.74) is 2.36. The van der Waals surface area contributed by atoms with E-state index in [0.717, 1.165) is 69.9 Å². The molecule has 0 atom stereocenters. The van der Waals surface area contributed by atoms with E-state index in [1.807, 2.05) is 18.2 Å². The maximum atomic E-state index is 6.01. The number of nitrogens with zero attached hydrogens (tertiary/aromatic N) is 2. The lowest BCUT2D eigenvalue weighted by molar-refractivity contribution is 0.266. The van der Waals surface area contributed by atoms with Crippen LogP contribution in [-0.2, 0) is 6.42 Å². The van der Waals surface area contributed by atoms with E-state index in [2.05, 4.69) is 35.8 Å². The van der Waals surface area contributed by atoms with Gasteiger partial charge < -0.3 is 19.3 Å². The summed E-state index contributed by atoms with van der Waals surface area (Å²) in [5.74, 6) is 1.63. The predicted octanol–water partition coefficient (Wildman–Crippen LogP) is 5.96. The van der Waals surface area contributed by atoms with Gasteiger partial charge in [-0.25, -0.2) is 0 Å². The number of halogens is 1. The number of hydrogen-bond donors (Lipinski definition) is 0. The van der Waals surface area contributed by atoms with Crippen LogP contribution >= 0.6 is 23.8 Å². The zero-order valence-corrected chi connectivity index (χ0v) is 19.5. The van der Waals surface area contributed by atoms with Crippen molar-refractivity contribution in [3.05, 3.63) is 53.1 Å². The molecule has 0 amide bonds. The van der Waals surface area contributed by atoms with Gasteiger partial charge >= 0.3 is 0 Å². The largest absolute Gasteiger partial charge is 0.494 e. The van der Waals surface area contributed by atoms with E-state index in [-0.39, 0.29) is 0 Å². The first kappa shape index (κ1) is 22.9. The molecule has 2 aromatic carbocycles. The maximum Gasteiger partial charge on any atom is 0.269 e. The first-order chi connectivity index (χ1) is 14.6. The van der Waals surface area contributed by atoms with Crippen LogP contribution in [0.3, 0.4) is 0 Å². The van der Waals surface area contributed by atoms with Gasteiger partial charge in [-0.15, -0.1) is 0 Å². The molecule has 6 heteroatoms. The molecule has 0 spiro atoms. The Kier molecular flexibility index (Phi) is 8.79. The van der Waals surface area contributed by atoms with E-state index in [1.54, 1.807) is 12.1 Å². The Balaban J connectivity index is 1.55. The number of thiocarbonyl (C=S) groups is 1. The minimum atomic E-state index is 0.461. The number of unbranched alkanes of at least 4 members (excludes halogenated alkanes) is 1. The van der Waals surface area contributed by atoms with Crippen LogP contribution in [0.5, 0.6) is 11.5 Å². The SMILES string of the molecule is CCN(CC)CCCCOc1ccc2c(c1)CCCN2C(=S)Oc1ccc(Cl)cc1. The van der Waals surface area contributed by atoms with Gasteiger partial charge in [-0.05, 0) is 106 Å². The Morgan fingerprint density at radius 2 is 1.80 bits per heavy atom. The van der Waals surface area contributed by atoms with Crippen LogP contribution in [-0.4, -0.2) is 42.9 Å². The summed E-state index contributed by atoms with van der Waals surface area (Å²) in [6.07, 6.45) is 4.29. The number of anilines is 1. The van der Waals surface area contributed by atoms with Gasteiger partial charge in [-0.1, -0.05) is 25.4 Å². The summed E-state index contributed by atoms with van der Waals surface area (Å²) in [7, 11) is 0. The number of rotatable bonds is 9. The Bertz CT molecular complexity index is 824. The Morgan fingerprint density at radius 1 is 1.07 bits per heavy atom. The van der Waals surface area contributed by atoms with E-state index < -0.39 is 0 Å². The number of aryl methyl sites for hydroxylation is 1. The van der Waals surface area contributed by atoms with Gasteiger partial charge in [0, 0.05) is 17.3 Å². The molecule has 162 valence electrons. The quantitative estimate of drug-likeness (QED) is 0.349. The lowest BCUT2D eigenvalue weighted by Crippen LogP contribution is -2.37. The molecule has 0 saturated carbocycles. The average Bonchev–Trinajstić information content (AvgIpc) is 2.77. The average molecular weight is 447 g/mol. The molecule has 0 aromatic heterocycles. The molecule has 3 rings (SSSR count). The van der Waals surface area contributed by atoms with Gasteiger partial charge in [0.1, 0.15) is 11.5 Å². The van der Waals surface area contributed by atoms with Crippen LogP contribution in [0.25, 0.3) is 0 Å². The summed E-state index contributed by atoms with van der Waals surface area (Å²) in [4.78, 5) is 4.51. The van der Waals surface area contributed by atoms with Crippen molar-refractivity contribution in [3.63, 3.8) is 0 Å². The summed E-state index contributed by atoms with van der Waals surface area (Å²) in [6.45, 7) is 9.39. The zero-order valence-electron chi connectivity index (χ0n) is 17.9. The molecule has 1 aliphatic heterocycles. The molecule has 1 heterocycles.